The highest BCUT2D eigenvalue weighted by atomic mass is 35.5. The van der Waals surface area contributed by atoms with Gasteiger partial charge in [0.05, 0.1) is 10.7 Å². The predicted octanol–water partition coefficient (Wildman–Crippen LogP) is 6.85. The van der Waals surface area contributed by atoms with E-state index in [0.717, 1.165) is 21.9 Å². The minimum atomic E-state index is -0.907. The second-order valence-corrected chi connectivity index (χ2v) is 8.29. The summed E-state index contributed by atoms with van der Waals surface area (Å²) in [6, 6.07) is 28.3. The zero-order valence-electron chi connectivity index (χ0n) is 16.7. The van der Waals surface area contributed by atoms with Crippen molar-refractivity contribution in [2.45, 2.75) is 19.0 Å². The largest absolute Gasteiger partial charge is 0.480 e. The van der Waals surface area contributed by atoms with Crippen molar-refractivity contribution < 1.29 is 9.90 Å². The topological polar surface area (TPSA) is 40.5 Å². The number of anilines is 1. The van der Waals surface area contributed by atoms with Gasteiger partial charge in [0.1, 0.15) is 6.04 Å². The van der Waals surface area contributed by atoms with Gasteiger partial charge in [-0.2, -0.15) is 0 Å². The van der Waals surface area contributed by atoms with Gasteiger partial charge in [-0.1, -0.05) is 89.9 Å². The fourth-order valence-corrected chi connectivity index (χ4v) is 4.30. The first-order valence-corrected chi connectivity index (χ1v) is 10.7. The molecule has 0 spiro atoms. The fourth-order valence-electron chi connectivity index (χ4n) is 3.78. The predicted molar refractivity (Wildman–Crippen MR) is 128 cm³/mol. The number of carboxylic acids is 1. The zero-order valence-corrected chi connectivity index (χ0v) is 18.2. The van der Waals surface area contributed by atoms with E-state index in [0.29, 0.717) is 28.7 Å². The van der Waals surface area contributed by atoms with Gasteiger partial charge in [0.15, 0.2) is 0 Å². The van der Waals surface area contributed by atoms with Crippen molar-refractivity contribution in [1.29, 1.82) is 0 Å². The van der Waals surface area contributed by atoms with Crippen LogP contribution in [-0.2, 0) is 17.8 Å². The quantitative estimate of drug-likeness (QED) is 0.335. The van der Waals surface area contributed by atoms with Crippen LogP contribution in [0.1, 0.15) is 11.1 Å². The number of hydrogen-bond donors (Lipinski definition) is 1. The number of carboxylic acid groups (broad SMARTS) is 1. The molecule has 4 aromatic rings. The maximum atomic E-state index is 12.4. The van der Waals surface area contributed by atoms with Crippen molar-refractivity contribution in [3.05, 3.63) is 112 Å². The third-order valence-electron chi connectivity index (χ3n) is 5.32. The van der Waals surface area contributed by atoms with Crippen LogP contribution in [0.25, 0.3) is 10.8 Å². The van der Waals surface area contributed by atoms with Gasteiger partial charge in [-0.3, -0.25) is 0 Å². The summed E-state index contributed by atoms with van der Waals surface area (Å²) in [5.41, 5.74) is 2.59. The molecule has 0 aliphatic carbocycles. The Morgan fingerprint density at radius 1 is 0.806 bits per heavy atom. The van der Waals surface area contributed by atoms with Crippen LogP contribution in [0.3, 0.4) is 0 Å². The summed E-state index contributed by atoms with van der Waals surface area (Å²) in [6.07, 6.45) is 0.350. The molecule has 1 atom stereocenters. The number of carbonyl (C=O) groups is 1. The Hall–Kier alpha value is -3.01. The Bertz CT molecular complexity index is 1210. The lowest BCUT2D eigenvalue weighted by Gasteiger charge is -2.32. The maximum absolute atomic E-state index is 12.4. The van der Waals surface area contributed by atoms with Crippen molar-refractivity contribution in [2.24, 2.45) is 0 Å². The number of aliphatic carboxylic acids is 1. The van der Waals surface area contributed by atoms with Gasteiger partial charge in [0.2, 0.25) is 0 Å². The Kier molecular flexibility index (Phi) is 6.45. The SMILES string of the molecule is O=C(O)[C@H](Cc1ccccc1)N(Cc1ccc2ccccc2c1)c1ccc(Cl)cc1Cl. The monoisotopic (exact) mass is 449 g/mol. The molecular formula is C26H21Cl2NO2. The molecule has 0 heterocycles. The number of nitrogens with zero attached hydrogens (tertiary/aromatic N) is 1. The molecule has 31 heavy (non-hydrogen) atoms. The Morgan fingerprint density at radius 3 is 2.23 bits per heavy atom. The van der Waals surface area contributed by atoms with Crippen LogP contribution in [0, 0.1) is 0 Å². The van der Waals surface area contributed by atoms with Gasteiger partial charge in [0, 0.05) is 18.0 Å². The molecular weight excluding hydrogens is 429 g/mol. The molecule has 4 rings (SSSR count). The van der Waals surface area contributed by atoms with Crippen LogP contribution in [0.2, 0.25) is 10.0 Å². The average Bonchev–Trinajstić information content (AvgIpc) is 2.77. The normalized spacial score (nSPS) is 11.9. The minimum Gasteiger partial charge on any atom is -0.480 e. The first-order valence-electron chi connectivity index (χ1n) is 9.97. The van der Waals surface area contributed by atoms with Crippen molar-refractivity contribution >= 4 is 45.6 Å². The van der Waals surface area contributed by atoms with Crippen molar-refractivity contribution in [1.82, 2.24) is 0 Å². The van der Waals surface area contributed by atoms with Gasteiger partial charge in [0.25, 0.3) is 0 Å². The molecule has 1 N–H and O–H groups in total. The number of benzene rings is 4. The smallest absolute Gasteiger partial charge is 0.326 e. The molecule has 0 aromatic heterocycles. The number of fused-ring (bicyclic) bond motifs is 1. The summed E-state index contributed by atoms with van der Waals surface area (Å²) < 4.78 is 0. The lowest BCUT2D eigenvalue weighted by atomic mass is 10.0. The summed E-state index contributed by atoms with van der Waals surface area (Å²) in [5, 5.41) is 13.3. The van der Waals surface area contributed by atoms with E-state index in [-0.39, 0.29) is 0 Å². The highest BCUT2D eigenvalue weighted by Crippen LogP contribution is 2.32. The maximum Gasteiger partial charge on any atom is 0.326 e. The first-order chi connectivity index (χ1) is 15.0. The molecule has 0 amide bonds. The molecule has 4 aromatic carbocycles. The van der Waals surface area contributed by atoms with Crippen LogP contribution in [0.15, 0.2) is 91.0 Å². The molecule has 0 aliphatic rings. The standard InChI is InChI=1S/C26H21Cl2NO2/c27-22-12-13-24(23(28)16-22)29(25(26(30)31)15-18-6-2-1-3-7-18)17-19-10-11-20-8-4-5-9-21(20)14-19/h1-14,16,25H,15,17H2,(H,30,31)/t25-/m0/s1. The lowest BCUT2D eigenvalue weighted by molar-refractivity contribution is -0.138. The average molecular weight is 450 g/mol. The van der Waals surface area contributed by atoms with Crippen LogP contribution >= 0.6 is 23.2 Å². The van der Waals surface area contributed by atoms with E-state index in [9.17, 15) is 9.90 Å². The van der Waals surface area contributed by atoms with Gasteiger partial charge < -0.3 is 10.0 Å². The number of hydrogen-bond acceptors (Lipinski definition) is 2. The molecule has 0 saturated carbocycles. The minimum absolute atomic E-state index is 0.350. The Morgan fingerprint density at radius 2 is 1.52 bits per heavy atom. The van der Waals surface area contributed by atoms with E-state index in [4.69, 9.17) is 23.2 Å². The van der Waals surface area contributed by atoms with E-state index in [1.54, 1.807) is 18.2 Å². The third-order valence-corrected chi connectivity index (χ3v) is 5.86. The summed E-state index contributed by atoms with van der Waals surface area (Å²) in [6.45, 7) is 0.399. The third kappa shape index (κ3) is 5.01. The molecule has 5 heteroatoms. The van der Waals surface area contributed by atoms with Crippen molar-refractivity contribution in [3.63, 3.8) is 0 Å². The Balaban J connectivity index is 1.76. The summed E-state index contributed by atoms with van der Waals surface area (Å²) in [7, 11) is 0. The van der Waals surface area contributed by atoms with E-state index >= 15 is 0 Å². The fraction of sp³-hybridized carbons (Fsp3) is 0.115. The molecule has 0 fully saturated rings. The van der Waals surface area contributed by atoms with E-state index < -0.39 is 12.0 Å². The molecule has 0 bridgehead atoms. The molecule has 156 valence electrons. The van der Waals surface area contributed by atoms with Crippen LogP contribution < -0.4 is 4.90 Å². The van der Waals surface area contributed by atoms with Crippen LogP contribution in [-0.4, -0.2) is 17.1 Å². The highest BCUT2D eigenvalue weighted by Gasteiger charge is 2.28. The number of rotatable bonds is 7. The summed E-state index contributed by atoms with van der Waals surface area (Å²) >= 11 is 12.6. The van der Waals surface area contributed by atoms with Gasteiger partial charge in [-0.05, 0) is 46.2 Å². The second kappa shape index (κ2) is 9.42. The van der Waals surface area contributed by atoms with Gasteiger partial charge in [-0.25, -0.2) is 4.79 Å². The highest BCUT2D eigenvalue weighted by molar-refractivity contribution is 6.36. The lowest BCUT2D eigenvalue weighted by Crippen LogP contribution is -2.42. The van der Waals surface area contributed by atoms with E-state index in [1.807, 2.05) is 53.4 Å². The van der Waals surface area contributed by atoms with Gasteiger partial charge in [-0.15, -0.1) is 0 Å². The zero-order chi connectivity index (χ0) is 21.8. The molecule has 0 radical (unpaired) electrons. The molecule has 0 aliphatic heterocycles. The Labute approximate surface area is 191 Å². The molecule has 0 saturated heterocycles. The van der Waals surface area contributed by atoms with Crippen LogP contribution in [0.5, 0.6) is 0 Å². The van der Waals surface area contributed by atoms with E-state index in [1.165, 1.54) is 0 Å². The van der Waals surface area contributed by atoms with E-state index in [2.05, 4.69) is 24.3 Å². The molecule has 0 unspecified atom stereocenters. The molecule has 3 nitrogen and oxygen atoms in total. The van der Waals surface area contributed by atoms with Crippen molar-refractivity contribution in [2.75, 3.05) is 4.90 Å². The second-order valence-electron chi connectivity index (χ2n) is 7.45. The van der Waals surface area contributed by atoms with Gasteiger partial charge >= 0.3 is 5.97 Å². The van der Waals surface area contributed by atoms with Crippen molar-refractivity contribution in [3.8, 4) is 0 Å². The summed E-state index contributed by atoms with van der Waals surface area (Å²) in [5.74, 6) is -0.907. The first kappa shape index (κ1) is 21.2. The van der Waals surface area contributed by atoms with Crippen LogP contribution in [0.4, 0.5) is 5.69 Å². The summed E-state index contributed by atoms with van der Waals surface area (Å²) in [4.78, 5) is 14.2. The number of halogens is 2.